The van der Waals surface area contributed by atoms with Crippen molar-refractivity contribution >= 4 is 5.91 Å². The fraction of sp³-hybridized carbons (Fsp3) is 0.923. The Kier molecular flexibility index (Phi) is 5.92. The van der Waals surface area contributed by atoms with Crippen LogP contribution in [0.4, 0.5) is 0 Å². The summed E-state index contributed by atoms with van der Waals surface area (Å²) in [6.45, 7) is 9.51. The van der Waals surface area contributed by atoms with E-state index in [1.165, 1.54) is 12.8 Å². The molecule has 0 spiro atoms. The molecule has 0 bridgehead atoms. The van der Waals surface area contributed by atoms with Gasteiger partial charge in [0.25, 0.3) is 0 Å². The Morgan fingerprint density at radius 2 is 2.24 bits per heavy atom. The third-order valence-electron chi connectivity index (χ3n) is 4.00. The number of nitrogens with zero attached hydrogens (tertiary/aromatic N) is 1. The third-order valence-corrected chi connectivity index (χ3v) is 4.00. The molecular weight excluding hydrogens is 214 g/mol. The average molecular weight is 241 g/mol. The Morgan fingerprint density at radius 3 is 2.82 bits per heavy atom. The summed E-state index contributed by atoms with van der Waals surface area (Å²) < 4.78 is 0. The van der Waals surface area contributed by atoms with E-state index in [2.05, 4.69) is 24.1 Å². The van der Waals surface area contributed by atoms with Gasteiger partial charge >= 0.3 is 0 Å². The van der Waals surface area contributed by atoms with Gasteiger partial charge in [0.05, 0.1) is 6.04 Å². The van der Waals surface area contributed by atoms with E-state index in [4.69, 9.17) is 5.73 Å². The largest absolute Gasteiger partial charge is 0.368 e. The van der Waals surface area contributed by atoms with Gasteiger partial charge in [-0.3, -0.25) is 4.79 Å². The lowest BCUT2D eigenvalue weighted by Gasteiger charge is -2.38. The molecule has 0 aromatic carbocycles. The number of nitrogens with two attached hydrogens (primary N) is 1. The highest BCUT2D eigenvalue weighted by Gasteiger charge is 2.25. The molecule has 17 heavy (non-hydrogen) atoms. The molecule has 3 atom stereocenters. The van der Waals surface area contributed by atoms with Crippen LogP contribution in [0.25, 0.3) is 0 Å². The summed E-state index contributed by atoms with van der Waals surface area (Å²) in [6.07, 6.45) is 3.41. The van der Waals surface area contributed by atoms with E-state index >= 15 is 0 Å². The number of carbonyl (C=O) groups is 1. The topological polar surface area (TPSA) is 58.4 Å². The van der Waals surface area contributed by atoms with E-state index in [9.17, 15) is 4.79 Å². The van der Waals surface area contributed by atoms with Gasteiger partial charge in [-0.25, -0.2) is 0 Å². The van der Waals surface area contributed by atoms with Gasteiger partial charge < -0.3 is 16.0 Å². The van der Waals surface area contributed by atoms with Crippen molar-refractivity contribution in [2.45, 2.75) is 52.1 Å². The van der Waals surface area contributed by atoms with Crippen LogP contribution in [0, 0.1) is 5.92 Å². The van der Waals surface area contributed by atoms with E-state index in [1.54, 1.807) is 0 Å². The van der Waals surface area contributed by atoms with Crippen molar-refractivity contribution in [3.05, 3.63) is 0 Å². The summed E-state index contributed by atoms with van der Waals surface area (Å²) in [4.78, 5) is 13.7. The first kappa shape index (κ1) is 14.5. The maximum Gasteiger partial charge on any atom is 0.234 e. The van der Waals surface area contributed by atoms with Gasteiger partial charge in [0.15, 0.2) is 0 Å². The first-order valence-corrected chi connectivity index (χ1v) is 6.83. The van der Waals surface area contributed by atoms with Gasteiger partial charge in [-0.05, 0) is 45.2 Å². The minimum atomic E-state index is -0.232. The van der Waals surface area contributed by atoms with Gasteiger partial charge in [-0.15, -0.1) is 0 Å². The van der Waals surface area contributed by atoms with Crippen LogP contribution in [0.2, 0.25) is 0 Å². The minimum absolute atomic E-state index is 0.176. The highest BCUT2D eigenvalue weighted by Crippen LogP contribution is 2.22. The monoisotopic (exact) mass is 241 g/mol. The first-order chi connectivity index (χ1) is 8.06. The smallest absolute Gasteiger partial charge is 0.234 e. The summed E-state index contributed by atoms with van der Waals surface area (Å²) in [5.74, 6) is 0.527. The lowest BCUT2D eigenvalue weighted by atomic mass is 9.92. The quantitative estimate of drug-likeness (QED) is 0.728. The Hall–Kier alpha value is -0.610. The third kappa shape index (κ3) is 4.28. The Bertz CT molecular complexity index is 245. The molecule has 0 radical (unpaired) electrons. The number of likely N-dealkylation sites (tertiary alicyclic amines) is 1. The zero-order valence-electron chi connectivity index (χ0n) is 11.4. The minimum Gasteiger partial charge on any atom is -0.368 e. The number of primary amides is 1. The number of rotatable bonds is 6. The summed E-state index contributed by atoms with van der Waals surface area (Å²) in [6, 6.07) is 0.448. The van der Waals surface area contributed by atoms with Crippen molar-refractivity contribution < 1.29 is 4.79 Å². The van der Waals surface area contributed by atoms with Crippen molar-refractivity contribution in [3.8, 4) is 0 Å². The lowest BCUT2D eigenvalue weighted by Crippen LogP contribution is -2.47. The van der Waals surface area contributed by atoms with E-state index < -0.39 is 0 Å². The van der Waals surface area contributed by atoms with Crippen LogP contribution in [0.3, 0.4) is 0 Å². The molecule has 1 saturated heterocycles. The van der Waals surface area contributed by atoms with Crippen LogP contribution in [0.1, 0.15) is 40.0 Å². The number of carbonyl (C=O) groups excluding carboxylic acids is 1. The molecule has 1 aliphatic heterocycles. The predicted molar refractivity (Wildman–Crippen MR) is 70.7 cm³/mol. The average Bonchev–Trinajstić information content (AvgIpc) is 2.29. The highest BCUT2D eigenvalue weighted by molar-refractivity contribution is 5.79. The number of hydrogen-bond donors (Lipinski definition) is 2. The molecule has 3 N–H and O–H groups in total. The lowest BCUT2D eigenvalue weighted by molar-refractivity contribution is -0.120. The van der Waals surface area contributed by atoms with Crippen molar-refractivity contribution in [1.29, 1.82) is 0 Å². The first-order valence-electron chi connectivity index (χ1n) is 6.83. The molecule has 4 nitrogen and oxygen atoms in total. The van der Waals surface area contributed by atoms with Crippen LogP contribution in [-0.2, 0) is 4.79 Å². The molecule has 100 valence electrons. The normalized spacial score (nSPS) is 27.9. The SMILES string of the molecule is CCNC(CCN1CCCC(C)C1C)C(N)=O. The molecule has 0 saturated carbocycles. The molecule has 1 rings (SSSR count). The van der Waals surface area contributed by atoms with E-state index in [-0.39, 0.29) is 11.9 Å². The zero-order chi connectivity index (χ0) is 12.8. The summed E-state index contributed by atoms with van der Waals surface area (Å²) in [7, 11) is 0. The van der Waals surface area contributed by atoms with Crippen molar-refractivity contribution in [3.63, 3.8) is 0 Å². The van der Waals surface area contributed by atoms with Crippen LogP contribution in [-0.4, -0.2) is 42.5 Å². The predicted octanol–water partition coefficient (Wildman–Crippen LogP) is 0.960. The van der Waals surface area contributed by atoms with Gasteiger partial charge in [-0.1, -0.05) is 13.8 Å². The van der Waals surface area contributed by atoms with E-state index in [0.29, 0.717) is 6.04 Å². The number of likely N-dealkylation sites (N-methyl/N-ethyl adjacent to an activating group) is 1. The number of amides is 1. The van der Waals surface area contributed by atoms with Crippen LogP contribution >= 0.6 is 0 Å². The molecule has 1 fully saturated rings. The highest BCUT2D eigenvalue weighted by atomic mass is 16.1. The molecule has 4 heteroatoms. The second-order valence-electron chi connectivity index (χ2n) is 5.20. The number of piperidine rings is 1. The van der Waals surface area contributed by atoms with E-state index in [1.807, 2.05) is 6.92 Å². The molecule has 3 unspecified atom stereocenters. The molecule has 0 aromatic rings. The molecular formula is C13H27N3O. The van der Waals surface area contributed by atoms with Crippen LogP contribution < -0.4 is 11.1 Å². The maximum atomic E-state index is 11.2. The van der Waals surface area contributed by atoms with Crippen LogP contribution in [0.15, 0.2) is 0 Å². The Balaban J connectivity index is 2.39. The van der Waals surface area contributed by atoms with Crippen molar-refractivity contribution in [2.75, 3.05) is 19.6 Å². The molecule has 0 aromatic heterocycles. The number of nitrogens with one attached hydrogen (secondary N) is 1. The van der Waals surface area contributed by atoms with Crippen LogP contribution in [0.5, 0.6) is 0 Å². The fourth-order valence-corrected chi connectivity index (χ4v) is 2.62. The summed E-state index contributed by atoms with van der Waals surface area (Å²) >= 11 is 0. The number of hydrogen-bond acceptors (Lipinski definition) is 3. The summed E-state index contributed by atoms with van der Waals surface area (Å²) in [5.41, 5.74) is 5.38. The molecule has 0 aliphatic carbocycles. The molecule has 1 amide bonds. The molecule has 1 aliphatic rings. The second-order valence-corrected chi connectivity index (χ2v) is 5.20. The Morgan fingerprint density at radius 1 is 1.53 bits per heavy atom. The van der Waals surface area contributed by atoms with E-state index in [0.717, 1.165) is 32.0 Å². The standard InChI is InChI=1S/C13H27N3O/c1-4-15-12(13(14)17)7-9-16-8-5-6-10(2)11(16)3/h10-12,15H,4-9H2,1-3H3,(H2,14,17). The summed E-state index contributed by atoms with van der Waals surface area (Å²) in [5, 5.41) is 3.15. The van der Waals surface area contributed by atoms with Gasteiger partial charge in [0.2, 0.25) is 5.91 Å². The molecule has 1 heterocycles. The second kappa shape index (κ2) is 6.97. The van der Waals surface area contributed by atoms with Gasteiger partial charge in [0.1, 0.15) is 0 Å². The van der Waals surface area contributed by atoms with Crippen molar-refractivity contribution in [2.24, 2.45) is 11.7 Å². The Labute approximate surface area is 105 Å². The fourth-order valence-electron chi connectivity index (χ4n) is 2.62. The van der Waals surface area contributed by atoms with Crippen molar-refractivity contribution in [1.82, 2.24) is 10.2 Å². The zero-order valence-corrected chi connectivity index (χ0v) is 11.4. The maximum absolute atomic E-state index is 11.2. The van der Waals surface area contributed by atoms with Gasteiger partial charge in [-0.2, -0.15) is 0 Å². The van der Waals surface area contributed by atoms with Gasteiger partial charge in [0, 0.05) is 12.6 Å².